The predicted molar refractivity (Wildman–Crippen MR) is 109 cm³/mol. The quantitative estimate of drug-likeness (QED) is 0.476. The lowest BCUT2D eigenvalue weighted by atomic mass is 10.1. The molecule has 0 radical (unpaired) electrons. The summed E-state index contributed by atoms with van der Waals surface area (Å²) in [7, 11) is -4.12. The molecule has 9 heteroatoms. The smallest absolute Gasteiger partial charge is 0.419 e. The summed E-state index contributed by atoms with van der Waals surface area (Å²) < 4.78 is 78.8. The van der Waals surface area contributed by atoms with Gasteiger partial charge in [0.1, 0.15) is 18.5 Å². The Kier molecular flexibility index (Phi) is 5.63. The molecule has 5 nitrogen and oxygen atoms in total. The predicted octanol–water partition coefficient (Wildman–Crippen LogP) is 5.01. The van der Waals surface area contributed by atoms with Crippen molar-refractivity contribution in [2.24, 2.45) is 0 Å². The van der Waals surface area contributed by atoms with Crippen LogP contribution in [0.15, 0.2) is 83.8 Å². The first-order valence-corrected chi connectivity index (χ1v) is 10.8. The van der Waals surface area contributed by atoms with E-state index in [-0.39, 0.29) is 29.0 Å². The molecule has 0 bridgehead atoms. The van der Waals surface area contributed by atoms with Crippen LogP contribution >= 0.6 is 0 Å². The maximum Gasteiger partial charge on any atom is 0.419 e. The third-order valence-corrected chi connectivity index (χ3v) is 6.37. The highest BCUT2D eigenvalue weighted by Gasteiger charge is 2.36. The summed E-state index contributed by atoms with van der Waals surface area (Å²) in [5.41, 5.74) is -0.681. The molecule has 0 spiro atoms. The summed E-state index contributed by atoms with van der Waals surface area (Å²) in [5.74, 6) is -0.454. The fourth-order valence-electron chi connectivity index (χ4n) is 3.03. The van der Waals surface area contributed by atoms with Crippen molar-refractivity contribution in [3.8, 4) is 5.75 Å². The molecule has 0 saturated carbocycles. The first kappa shape index (κ1) is 21.2. The van der Waals surface area contributed by atoms with Gasteiger partial charge in [0.25, 0.3) is 10.0 Å². The number of anilines is 2. The molecular formula is C22H18F3NO4S. The van der Waals surface area contributed by atoms with E-state index in [0.717, 1.165) is 22.5 Å². The molecule has 0 aliphatic carbocycles. The first-order valence-electron chi connectivity index (χ1n) is 9.38. The molecule has 1 aliphatic heterocycles. The summed E-state index contributed by atoms with van der Waals surface area (Å²) in [6, 6.07) is 18.9. The standard InChI is InChI=1S/C22H18F3NO4S/c23-22(24,25)20-12-11-17(13-21(20)30-15-18-14-29-18)26(16-7-3-1-4-8-16)31(27,28)19-9-5-2-6-10-19/h1-13,18H,14-15H2. The Labute approximate surface area is 177 Å². The van der Waals surface area contributed by atoms with Crippen LogP contribution in [-0.2, 0) is 20.9 Å². The number of epoxide rings is 1. The molecule has 1 atom stereocenters. The highest BCUT2D eigenvalue weighted by Crippen LogP contribution is 2.41. The molecule has 1 saturated heterocycles. The van der Waals surface area contributed by atoms with Crippen LogP contribution in [0.3, 0.4) is 0 Å². The second kappa shape index (κ2) is 8.24. The number of hydrogen-bond acceptors (Lipinski definition) is 4. The zero-order valence-electron chi connectivity index (χ0n) is 16.1. The molecule has 0 aromatic heterocycles. The van der Waals surface area contributed by atoms with E-state index in [1.54, 1.807) is 48.5 Å². The highest BCUT2D eigenvalue weighted by atomic mass is 32.2. The summed E-state index contributed by atoms with van der Waals surface area (Å²) >= 11 is 0. The van der Waals surface area contributed by atoms with E-state index in [1.165, 1.54) is 12.1 Å². The third kappa shape index (κ3) is 4.67. The maximum absolute atomic E-state index is 13.5. The maximum atomic E-state index is 13.5. The highest BCUT2D eigenvalue weighted by molar-refractivity contribution is 7.93. The fraction of sp³-hybridized carbons (Fsp3) is 0.182. The lowest BCUT2D eigenvalue weighted by Gasteiger charge is -2.26. The molecule has 0 N–H and O–H groups in total. The molecule has 31 heavy (non-hydrogen) atoms. The monoisotopic (exact) mass is 449 g/mol. The van der Waals surface area contributed by atoms with Gasteiger partial charge >= 0.3 is 6.18 Å². The van der Waals surface area contributed by atoms with Gasteiger partial charge in [0.15, 0.2) is 0 Å². The van der Waals surface area contributed by atoms with Crippen LogP contribution < -0.4 is 9.04 Å². The van der Waals surface area contributed by atoms with E-state index in [2.05, 4.69) is 0 Å². The van der Waals surface area contributed by atoms with Gasteiger partial charge in [-0.05, 0) is 36.4 Å². The number of halogens is 3. The Balaban J connectivity index is 1.84. The molecule has 1 unspecified atom stereocenters. The number of para-hydroxylation sites is 1. The van der Waals surface area contributed by atoms with Gasteiger partial charge in [-0.2, -0.15) is 13.2 Å². The summed E-state index contributed by atoms with van der Waals surface area (Å²) in [6.07, 6.45) is -4.92. The number of sulfonamides is 1. The van der Waals surface area contributed by atoms with Gasteiger partial charge in [0.2, 0.25) is 0 Å². The molecule has 3 aromatic rings. The van der Waals surface area contributed by atoms with Crippen LogP contribution in [-0.4, -0.2) is 27.7 Å². The Hall–Kier alpha value is -3.04. The molecule has 1 aliphatic rings. The average molecular weight is 449 g/mol. The summed E-state index contributed by atoms with van der Waals surface area (Å²) in [4.78, 5) is 0.00704. The van der Waals surface area contributed by atoms with Crippen LogP contribution in [0.1, 0.15) is 5.56 Å². The van der Waals surface area contributed by atoms with E-state index in [4.69, 9.17) is 9.47 Å². The van der Waals surface area contributed by atoms with Gasteiger partial charge in [0.05, 0.1) is 28.4 Å². The first-order chi connectivity index (χ1) is 14.8. The minimum absolute atomic E-state index is 0.00704. The SMILES string of the molecule is O=S(=O)(c1ccccc1)N(c1ccccc1)c1ccc(C(F)(F)F)c(OCC2CO2)c1. The van der Waals surface area contributed by atoms with Crippen molar-refractivity contribution in [3.05, 3.63) is 84.4 Å². The van der Waals surface area contributed by atoms with Gasteiger partial charge in [0, 0.05) is 6.07 Å². The van der Waals surface area contributed by atoms with E-state index in [9.17, 15) is 21.6 Å². The zero-order chi connectivity index (χ0) is 22.1. The molecule has 0 amide bonds. The minimum Gasteiger partial charge on any atom is -0.490 e. The lowest BCUT2D eigenvalue weighted by molar-refractivity contribution is -0.139. The Morgan fingerprint density at radius 2 is 1.55 bits per heavy atom. The third-order valence-electron chi connectivity index (χ3n) is 4.60. The van der Waals surface area contributed by atoms with Crippen LogP contribution in [0.25, 0.3) is 0 Å². The Morgan fingerprint density at radius 3 is 2.13 bits per heavy atom. The van der Waals surface area contributed by atoms with Crippen LogP contribution in [0.4, 0.5) is 24.5 Å². The largest absolute Gasteiger partial charge is 0.490 e. The van der Waals surface area contributed by atoms with Crippen molar-refractivity contribution in [1.29, 1.82) is 0 Å². The van der Waals surface area contributed by atoms with E-state index < -0.39 is 27.5 Å². The number of ether oxygens (including phenoxy) is 2. The molecule has 1 fully saturated rings. The van der Waals surface area contributed by atoms with E-state index in [0.29, 0.717) is 6.61 Å². The number of benzene rings is 3. The van der Waals surface area contributed by atoms with Crippen LogP contribution in [0, 0.1) is 0 Å². The zero-order valence-corrected chi connectivity index (χ0v) is 16.9. The molecule has 4 rings (SSSR count). The fourth-order valence-corrected chi connectivity index (χ4v) is 4.53. The minimum atomic E-state index is -4.66. The molecule has 162 valence electrons. The van der Waals surface area contributed by atoms with Crippen molar-refractivity contribution in [2.45, 2.75) is 17.2 Å². The molecule has 1 heterocycles. The molecular weight excluding hydrogens is 431 g/mol. The van der Waals surface area contributed by atoms with Gasteiger partial charge in [-0.15, -0.1) is 0 Å². The normalized spacial score (nSPS) is 16.0. The number of hydrogen-bond donors (Lipinski definition) is 0. The van der Waals surface area contributed by atoms with Crippen LogP contribution in [0.5, 0.6) is 5.75 Å². The number of alkyl halides is 3. The topological polar surface area (TPSA) is 59.1 Å². The lowest BCUT2D eigenvalue weighted by Crippen LogP contribution is -2.26. The average Bonchev–Trinajstić information content (AvgIpc) is 3.57. The van der Waals surface area contributed by atoms with Gasteiger partial charge in [-0.1, -0.05) is 36.4 Å². The van der Waals surface area contributed by atoms with Crippen molar-refractivity contribution in [3.63, 3.8) is 0 Å². The van der Waals surface area contributed by atoms with E-state index in [1.807, 2.05) is 0 Å². The number of rotatable bonds is 7. The van der Waals surface area contributed by atoms with Gasteiger partial charge in [-0.25, -0.2) is 12.7 Å². The number of nitrogens with zero attached hydrogens (tertiary/aromatic N) is 1. The van der Waals surface area contributed by atoms with Crippen molar-refractivity contribution < 1.29 is 31.1 Å². The van der Waals surface area contributed by atoms with Crippen LogP contribution in [0.2, 0.25) is 0 Å². The van der Waals surface area contributed by atoms with Gasteiger partial charge in [-0.3, -0.25) is 0 Å². The van der Waals surface area contributed by atoms with Crippen molar-refractivity contribution in [1.82, 2.24) is 0 Å². The summed E-state index contributed by atoms with van der Waals surface area (Å²) in [5, 5.41) is 0. The van der Waals surface area contributed by atoms with Crippen molar-refractivity contribution in [2.75, 3.05) is 17.5 Å². The second-order valence-corrected chi connectivity index (χ2v) is 8.65. The molecule has 3 aromatic carbocycles. The Bertz CT molecular complexity index is 1150. The van der Waals surface area contributed by atoms with Crippen molar-refractivity contribution >= 4 is 21.4 Å². The Morgan fingerprint density at radius 1 is 0.935 bits per heavy atom. The van der Waals surface area contributed by atoms with E-state index >= 15 is 0 Å². The summed E-state index contributed by atoms with van der Waals surface area (Å²) in [6.45, 7) is 0.364. The second-order valence-electron chi connectivity index (χ2n) is 6.86. The van der Waals surface area contributed by atoms with Gasteiger partial charge < -0.3 is 9.47 Å².